The molecule has 7 nitrogen and oxygen atoms in total. The first-order chi connectivity index (χ1) is 19.4. The Kier molecular flexibility index (Phi) is 8.35. The van der Waals surface area contributed by atoms with Gasteiger partial charge in [-0.2, -0.15) is 0 Å². The third-order valence-corrected chi connectivity index (χ3v) is 7.79. The maximum atomic E-state index is 14.9. The molecule has 0 radical (unpaired) electrons. The van der Waals surface area contributed by atoms with Crippen molar-refractivity contribution in [1.82, 2.24) is 20.2 Å². The fraction of sp³-hybridized carbons (Fsp3) is 0.226. The number of hydrogen-bond donors (Lipinski definition) is 2. The lowest BCUT2D eigenvalue weighted by atomic mass is 9.95. The van der Waals surface area contributed by atoms with E-state index in [-0.39, 0.29) is 30.5 Å². The van der Waals surface area contributed by atoms with Gasteiger partial charge in [0.05, 0.1) is 28.5 Å². The topological polar surface area (TPSA) is 82.5 Å². The zero-order chi connectivity index (χ0) is 27.8. The molecule has 2 aliphatic heterocycles. The molecule has 0 aliphatic carbocycles. The highest BCUT2D eigenvalue weighted by molar-refractivity contribution is 6.36. The average molecular weight is 592 g/mol. The number of likely N-dealkylation sites (tertiary alicyclic amines) is 1. The van der Waals surface area contributed by atoms with E-state index in [1.54, 1.807) is 42.6 Å². The van der Waals surface area contributed by atoms with Crippen LogP contribution in [0, 0.1) is 5.82 Å². The highest BCUT2D eigenvalue weighted by Gasteiger charge is 2.26. The lowest BCUT2D eigenvalue weighted by Gasteiger charge is -2.17. The maximum absolute atomic E-state index is 14.9. The van der Waals surface area contributed by atoms with Crippen molar-refractivity contribution in [2.45, 2.75) is 26.4 Å². The van der Waals surface area contributed by atoms with Gasteiger partial charge in [-0.25, -0.2) is 14.4 Å². The van der Waals surface area contributed by atoms with Gasteiger partial charge in [-0.1, -0.05) is 42.8 Å². The summed E-state index contributed by atoms with van der Waals surface area (Å²) in [4.78, 5) is 28.8. The van der Waals surface area contributed by atoms with E-state index in [1.807, 2.05) is 30.1 Å². The molecule has 1 atom stereocenters. The summed E-state index contributed by atoms with van der Waals surface area (Å²) >= 11 is 12.8. The van der Waals surface area contributed by atoms with Crippen molar-refractivity contribution in [2.75, 3.05) is 25.5 Å². The minimum absolute atomic E-state index is 0. The molecule has 4 aromatic rings. The first-order valence-electron chi connectivity index (χ1n) is 12.9. The van der Waals surface area contributed by atoms with Gasteiger partial charge in [-0.05, 0) is 62.0 Å². The molecule has 41 heavy (non-hydrogen) atoms. The summed E-state index contributed by atoms with van der Waals surface area (Å²) in [6.07, 6.45) is 2.66. The van der Waals surface area contributed by atoms with Crippen molar-refractivity contribution in [3.05, 3.63) is 105 Å². The second-order valence-electron chi connectivity index (χ2n) is 9.75. The van der Waals surface area contributed by atoms with Crippen molar-refractivity contribution in [3.63, 3.8) is 0 Å². The number of carbonyl (C=O) groups is 1. The first kappa shape index (κ1) is 28.7. The molecule has 1 amide bonds. The largest absolute Gasteiger partial charge is 0.337 e. The van der Waals surface area contributed by atoms with Crippen LogP contribution in [0.4, 0.5) is 16.0 Å². The SMILES string of the molecule is C.CNC1CCN(C(=O)c2ccc(Nc3ncc4c(n3)-c3ccc(Cl)cc3C(c3c(F)cccc3Cl)=NC4)cc2)C1. The van der Waals surface area contributed by atoms with Crippen LogP contribution >= 0.6 is 23.2 Å². The molecule has 3 heterocycles. The zero-order valence-electron chi connectivity index (χ0n) is 21.6. The van der Waals surface area contributed by atoms with Gasteiger partial charge < -0.3 is 15.5 Å². The normalized spacial score (nSPS) is 15.8. The summed E-state index contributed by atoms with van der Waals surface area (Å²) in [6, 6.07) is 17.5. The van der Waals surface area contributed by atoms with E-state index in [1.165, 1.54) is 6.07 Å². The Morgan fingerprint density at radius 1 is 1.07 bits per heavy atom. The number of likely N-dealkylation sites (N-methyl/N-ethyl adjacent to an activating group) is 1. The number of aliphatic imine (C=N–C) groups is 1. The second-order valence-corrected chi connectivity index (χ2v) is 10.6. The number of nitrogens with one attached hydrogen (secondary N) is 2. The quantitative estimate of drug-likeness (QED) is 0.268. The van der Waals surface area contributed by atoms with E-state index in [2.05, 4.69) is 15.6 Å². The highest BCUT2D eigenvalue weighted by Crippen LogP contribution is 2.35. The summed E-state index contributed by atoms with van der Waals surface area (Å²) in [5.74, 6) is -0.0702. The van der Waals surface area contributed by atoms with Gasteiger partial charge in [0.1, 0.15) is 5.82 Å². The molecule has 2 aliphatic rings. The number of carbonyl (C=O) groups excluding carboxylic acids is 1. The molecule has 0 spiro atoms. The molecule has 1 fully saturated rings. The summed E-state index contributed by atoms with van der Waals surface area (Å²) in [7, 11) is 1.92. The van der Waals surface area contributed by atoms with Crippen LogP contribution in [0.3, 0.4) is 0 Å². The standard InChI is InChI=1S/C30H25Cl2FN6O.CH4/c1-34-21-11-12-39(16-21)29(40)17-5-8-20(9-6-17)37-30-36-15-18-14-35-28(26-24(32)3-2-4-25(26)33)23-13-19(31)7-10-22(23)27(18)38-30;/h2-10,13,15,21,34H,11-12,14,16H2,1H3,(H,36,37,38);1H4. The van der Waals surface area contributed by atoms with Crippen molar-refractivity contribution < 1.29 is 9.18 Å². The van der Waals surface area contributed by atoms with Crippen LogP contribution in [0.5, 0.6) is 0 Å². The van der Waals surface area contributed by atoms with Gasteiger partial charge in [0.25, 0.3) is 5.91 Å². The third-order valence-electron chi connectivity index (χ3n) is 7.24. The first-order valence-corrected chi connectivity index (χ1v) is 13.7. The van der Waals surface area contributed by atoms with Crippen LogP contribution in [-0.4, -0.2) is 52.7 Å². The van der Waals surface area contributed by atoms with Crippen molar-refractivity contribution in [1.29, 1.82) is 0 Å². The smallest absolute Gasteiger partial charge is 0.253 e. The van der Waals surface area contributed by atoms with Crippen LogP contribution < -0.4 is 10.6 Å². The van der Waals surface area contributed by atoms with E-state index in [0.717, 1.165) is 29.8 Å². The van der Waals surface area contributed by atoms with Gasteiger partial charge in [-0.15, -0.1) is 0 Å². The Bertz CT molecular complexity index is 1620. The minimum atomic E-state index is -0.468. The second kappa shape index (κ2) is 11.9. The molecule has 1 saturated heterocycles. The molecule has 3 aromatic carbocycles. The van der Waals surface area contributed by atoms with E-state index < -0.39 is 5.82 Å². The Morgan fingerprint density at radius 3 is 2.61 bits per heavy atom. The molecule has 6 rings (SSSR count). The Hall–Kier alpha value is -3.85. The van der Waals surface area contributed by atoms with Crippen LogP contribution in [0.25, 0.3) is 11.3 Å². The fourth-order valence-electron chi connectivity index (χ4n) is 5.11. The summed E-state index contributed by atoms with van der Waals surface area (Å²) < 4.78 is 14.9. The molecule has 10 heteroatoms. The predicted molar refractivity (Wildman–Crippen MR) is 163 cm³/mol. The number of benzene rings is 3. The molecule has 2 N–H and O–H groups in total. The van der Waals surface area contributed by atoms with E-state index in [0.29, 0.717) is 46.1 Å². The van der Waals surface area contributed by atoms with Crippen LogP contribution in [0.2, 0.25) is 10.0 Å². The van der Waals surface area contributed by atoms with Crippen molar-refractivity contribution >= 4 is 46.5 Å². The van der Waals surface area contributed by atoms with Gasteiger partial charge in [0.15, 0.2) is 0 Å². The monoisotopic (exact) mass is 590 g/mol. The van der Waals surface area contributed by atoms with Crippen LogP contribution in [0.15, 0.2) is 71.9 Å². The number of hydrogen-bond acceptors (Lipinski definition) is 6. The number of aromatic nitrogens is 2. The Morgan fingerprint density at radius 2 is 1.88 bits per heavy atom. The molecule has 210 valence electrons. The summed E-state index contributed by atoms with van der Waals surface area (Å²) in [5, 5.41) is 7.21. The van der Waals surface area contributed by atoms with E-state index >= 15 is 0 Å². The van der Waals surface area contributed by atoms with Crippen molar-refractivity contribution in [3.8, 4) is 11.3 Å². The van der Waals surface area contributed by atoms with Crippen molar-refractivity contribution in [2.24, 2.45) is 4.99 Å². The lowest BCUT2D eigenvalue weighted by Crippen LogP contribution is -2.33. The number of amides is 1. The molecule has 1 unspecified atom stereocenters. The lowest BCUT2D eigenvalue weighted by molar-refractivity contribution is 0.0789. The average Bonchev–Trinajstić information content (AvgIpc) is 3.39. The molecular weight excluding hydrogens is 562 g/mol. The number of anilines is 2. The maximum Gasteiger partial charge on any atom is 0.253 e. The summed E-state index contributed by atoms with van der Waals surface area (Å²) in [5.41, 5.74) is 4.82. The highest BCUT2D eigenvalue weighted by atomic mass is 35.5. The number of rotatable bonds is 5. The van der Waals surface area contributed by atoms with Gasteiger partial charge in [0, 0.05) is 58.3 Å². The van der Waals surface area contributed by atoms with Gasteiger partial charge >= 0.3 is 0 Å². The molecule has 0 saturated carbocycles. The number of nitrogens with zero attached hydrogens (tertiary/aromatic N) is 4. The van der Waals surface area contributed by atoms with Gasteiger partial charge in [-0.3, -0.25) is 9.79 Å². The molecule has 1 aromatic heterocycles. The molecule has 0 bridgehead atoms. The van der Waals surface area contributed by atoms with Crippen LogP contribution in [-0.2, 0) is 6.54 Å². The minimum Gasteiger partial charge on any atom is -0.337 e. The number of fused-ring (bicyclic) bond motifs is 3. The van der Waals surface area contributed by atoms with E-state index in [4.69, 9.17) is 33.2 Å². The fourth-order valence-corrected chi connectivity index (χ4v) is 5.53. The predicted octanol–water partition coefficient (Wildman–Crippen LogP) is 6.75. The van der Waals surface area contributed by atoms with E-state index in [9.17, 15) is 9.18 Å². The summed E-state index contributed by atoms with van der Waals surface area (Å²) in [6.45, 7) is 1.69. The number of halogens is 3. The Balaban J connectivity index is 0.00000337. The Labute approximate surface area is 248 Å². The zero-order valence-corrected chi connectivity index (χ0v) is 23.1. The van der Waals surface area contributed by atoms with Gasteiger partial charge in [0.2, 0.25) is 5.95 Å². The molecular formula is C31H29Cl2FN6O. The third kappa shape index (κ3) is 5.68. The van der Waals surface area contributed by atoms with Crippen LogP contribution in [0.1, 0.15) is 40.9 Å².